The average molecular weight is 320 g/mol. The maximum Gasteiger partial charge on any atom is 0.253 e. The average Bonchev–Trinajstić information content (AvgIpc) is 2.45. The van der Waals surface area contributed by atoms with Crippen LogP contribution < -0.4 is 0 Å². The van der Waals surface area contributed by atoms with Crippen LogP contribution in [0.4, 0.5) is 0 Å². The molecule has 2 aromatic rings. The fraction of sp³-hybridized carbons (Fsp3) is 0.214. The van der Waals surface area contributed by atoms with E-state index in [0.29, 0.717) is 16.7 Å². The molecular weight excluding hydrogens is 306 g/mol. The molecule has 0 aromatic carbocycles. The van der Waals surface area contributed by atoms with E-state index in [1.165, 1.54) is 5.56 Å². The summed E-state index contributed by atoms with van der Waals surface area (Å²) in [6, 6.07) is 7.37. The molecule has 19 heavy (non-hydrogen) atoms. The lowest BCUT2D eigenvalue weighted by Crippen LogP contribution is -2.28. The molecule has 2 heterocycles. The Hall–Kier alpha value is -1.75. The molecule has 2 aromatic heterocycles. The molecule has 0 radical (unpaired) electrons. The highest BCUT2D eigenvalue weighted by Crippen LogP contribution is 2.10. The van der Waals surface area contributed by atoms with E-state index in [1.807, 2.05) is 12.1 Å². The maximum absolute atomic E-state index is 12.2. The zero-order valence-electron chi connectivity index (χ0n) is 10.6. The van der Waals surface area contributed by atoms with Gasteiger partial charge in [0, 0.05) is 37.7 Å². The number of hydrogen-bond acceptors (Lipinski definition) is 3. The predicted molar refractivity (Wildman–Crippen MR) is 76.8 cm³/mol. The number of pyridine rings is 2. The second-order valence-electron chi connectivity index (χ2n) is 4.20. The molecule has 0 spiro atoms. The highest BCUT2D eigenvalue weighted by atomic mass is 79.9. The van der Waals surface area contributed by atoms with Gasteiger partial charge in [-0.05, 0) is 52.2 Å². The third kappa shape index (κ3) is 3.86. The number of carbonyl (C=O) groups excluding carboxylic acids is 1. The van der Waals surface area contributed by atoms with E-state index < -0.39 is 0 Å². The van der Waals surface area contributed by atoms with Gasteiger partial charge < -0.3 is 4.90 Å². The summed E-state index contributed by atoms with van der Waals surface area (Å²) in [5.74, 6) is -0.00263. The standard InChI is InChI=1S/C14H14BrN3O/c1-18(9-5-11-2-6-16-7-3-11)14(19)12-4-8-17-13(15)10-12/h2-4,6-8,10H,5,9H2,1H3. The van der Waals surface area contributed by atoms with Crippen LogP contribution >= 0.6 is 15.9 Å². The lowest BCUT2D eigenvalue weighted by molar-refractivity contribution is 0.0796. The van der Waals surface area contributed by atoms with Crippen molar-refractivity contribution in [2.24, 2.45) is 0 Å². The molecule has 0 atom stereocenters. The molecule has 0 fully saturated rings. The molecule has 5 heteroatoms. The van der Waals surface area contributed by atoms with E-state index in [4.69, 9.17) is 0 Å². The van der Waals surface area contributed by atoms with E-state index in [2.05, 4.69) is 25.9 Å². The van der Waals surface area contributed by atoms with Crippen LogP contribution in [0.25, 0.3) is 0 Å². The molecule has 0 N–H and O–H groups in total. The highest BCUT2D eigenvalue weighted by molar-refractivity contribution is 9.10. The first-order valence-electron chi connectivity index (χ1n) is 5.93. The van der Waals surface area contributed by atoms with E-state index in [1.54, 1.807) is 42.7 Å². The zero-order chi connectivity index (χ0) is 13.7. The van der Waals surface area contributed by atoms with Gasteiger partial charge in [-0.2, -0.15) is 0 Å². The summed E-state index contributed by atoms with van der Waals surface area (Å²) in [5, 5.41) is 0. The molecule has 4 nitrogen and oxygen atoms in total. The van der Waals surface area contributed by atoms with E-state index in [0.717, 1.165) is 6.42 Å². The molecule has 98 valence electrons. The van der Waals surface area contributed by atoms with Gasteiger partial charge in [-0.25, -0.2) is 4.98 Å². The van der Waals surface area contributed by atoms with Gasteiger partial charge in [0.15, 0.2) is 0 Å². The largest absolute Gasteiger partial charge is 0.341 e. The smallest absolute Gasteiger partial charge is 0.253 e. The van der Waals surface area contributed by atoms with Crippen LogP contribution in [-0.4, -0.2) is 34.4 Å². The second kappa shape index (κ2) is 6.43. The normalized spacial score (nSPS) is 10.2. The first-order valence-corrected chi connectivity index (χ1v) is 6.72. The van der Waals surface area contributed by atoms with Crippen molar-refractivity contribution >= 4 is 21.8 Å². The molecule has 0 aliphatic heterocycles. The summed E-state index contributed by atoms with van der Waals surface area (Å²) in [4.78, 5) is 21.9. The first kappa shape index (κ1) is 13.7. The molecule has 0 aliphatic rings. The SMILES string of the molecule is CN(CCc1ccncc1)C(=O)c1ccnc(Br)c1. The maximum atomic E-state index is 12.2. The topological polar surface area (TPSA) is 46.1 Å². The highest BCUT2D eigenvalue weighted by Gasteiger charge is 2.11. The molecule has 0 unspecified atom stereocenters. The van der Waals surface area contributed by atoms with Crippen LogP contribution in [0.5, 0.6) is 0 Å². The van der Waals surface area contributed by atoms with Gasteiger partial charge in [-0.15, -0.1) is 0 Å². The third-order valence-corrected chi connectivity index (χ3v) is 3.24. The number of nitrogens with zero attached hydrogens (tertiary/aromatic N) is 3. The number of amides is 1. The second-order valence-corrected chi connectivity index (χ2v) is 5.01. The van der Waals surface area contributed by atoms with Crippen molar-refractivity contribution < 1.29 is 4.79 Å². The van der Waals surface area contributed by atoms with Gasteiger partial charge in [-0.1, -0.05) is 0 Å². The van der Waals surface area contributed by atoms with Crippen molar-refractivity contribution in [2.45, 2.75) is 6.42 Å². The van der Waals surface area contributed by atoms with E-state index in [9.17, 15) is 4.79 Å². The number of carbonyl (C=O) groups is 1. The Kier molecular flexibility index (Phi) is 4.63. The molecular formula is C14H14BrN3O. The Labute approximate surface area is 120 Å². The monoisotopic (exact) mass is 319 g/mol. The third-order valence-electron chi connectivity index (χ3n) is 2.81. The molecule has 0 saturated heterocycles. The number of aromatic nitrogens is 2. The minimum atomic E-state index is -0.00263. The van der Waals surface area contributed by atoms with Crippen molar-refractivity contribution in [3.63, 3.8) is 0 Å². The fourth-order valence-corrected chi connectivity index (χ4v) is 2.07. The molecule has 2 rings (SSSR count). The van der Waals surface area contributed by atoms with Crippen LogP contribution in [0.2, 0.25) is 0 Å². The number of rotatable bonds is 4. The van der Waals surface area contributed by atoms with E-state index >= 15 is 0 Å². The molecule has 0 saturated carbocycles. The lowest BCUT2D eigenvalue weighted by atomic mass is 10.2. The molecule has 0 aliphatic carbocycles. The van der Waals surface area contributed by atoms with Crippen molar-refractivity contribution in [3.8, 4) is 0 Å². The summed E-state index contributed by atoms with van der Waals surface area (Å²) < 4.78 is 0.667. The zero-order valence-corrected chi connectivity index (χ0v) is 12.2. The fourth-order valence-electron chi connectivity index (χ4n) is 1.70. The molecule has 0 bridgehead atoms. The number of likely N-dealkylation sites (N-methyl/N-ethyl adjacent to an activating group) is 1. The summed E-state index contributed by atoms with van der Waals surface area (Å²) in [6.07, 6.45) is 5.96. The Balaban J connectivity index is 1.96. The van der Waals surface area contributed by atoms with Gasteiger partial charge in [0.1, 0.15) is 4.60 Å². The van der Waals surface area contributed by atoms with Crippen molar-refractivity contribution in [1.29, 1.82) is 0 Å². The van der Waals surface area contributed by atoms with E-state index in [-0.39, 0.29) is 5.91 Å². The summed E-state index contributed by atoms with van der Waals surface area (Å²) in [6.45, 7) is 0.669. The summed E-state index contributed by atoms with van der Waals surface area (Å²) >= 11 is 3.27. The van der Waals surface area contributed by atoms with Crippen molar-refractivity contribution in [1.82, 2.24) is 14.9 Å². The van der Waals surface area contributed by atoms with Crippen molar-refractivity contribution in [2.75, 3.05) is 13.6 Å². The minimum Gasteiger partial charge on any atom is -0.341 e. The lowest BCUT2D eigenvalue weighted by Gasteiger charge is -2.17. The minimum absolute atomic E-state index is 0.00263. The van der Waals surface area contributed by atoms with Crippen LogP contribution in [0.15, 0.2) is 47.5 Å². The number of halogens is 1. The van der Waals surface area contributed by atoms with Gasteiger partial charge in [0.25, 0.3) is 5.91 Å². The summed E-state index contributed by atoms with van der Waals surface area (Å²) in [5.41, 5.74) is 1.81. The Morgan fingerprint density at radius 2 is 2.00 bits per heavy atom. The Bertz CT molecular complexity index is 560. The van der Waals surface area contributed by atoms with Gasteiger partial charge in [-0.3, -0.25) is 9.78 Å². The first-order chi connectivity index (χ1) is 9.16. The van der Waals surface area contributed by atoms with Gasteiger partial charge >= 0.3 is 0 Å². The van der Waals surface area contributed by atoms with Gasteiger partial charge in [0.2, 0.25) is 0 Å². The Morgan fingerprint density at radius 3 is 2.68 bits per heavy atom. The summed E-state index contributed by atoms with van der Waals surface area (Å²) in [7, 11) is 1.80. The van der Waals surface area contributed by atoms with Gasteiger partial charge in [0.05, 0.1) is 0 Å². The van der Waals surface area contributed by atoms with Crippen molar-refractivity contribution in [3.05, 3.63) is 58.6 Å². The Morgan fingerprint density at radius 1 is 1.26 bits per heavy atom. The number of hydrogen-bond donors (Lipinski definition) is 0. The van der Waals surface area contributed by atoms with Crippen LogP contribution in [0.1, 0.15) is 15.9 Å². The van der Waals surface area contributed by atoms with Crippen LogP contribution in [0.3, 0.4) is 0 Å². The predicted octanol–water partition coefficient (Wildman–Crippen LogP) is 2.55. The van der Waals surface area contributed by atoms with Crippen LogP contribution in [-0.2, 0) is 6.42 Å². The quantitative estimate of drug-likeness (QED) is 0.814. The molecule has 1 amide bonds. The van der Waals surface area contributed by atoms with Crippen LogP contribution in [0, 0.1) is 0 Å².